The van der Waals surface area contributed by atoms with Crippen molar-refractivity contribution in [1.82, 2.24) is 30.2 Å². The highest BCUT2D eigenvalue weighted by atomic mass is 16.7. The van der Waals surface area contributed by atoms with Gasteiger partial charge in [0.05, 0.1) is 19.3 Å². The smallest absolute Gasteiger partial charge is 0.246 e. The second-order valence-corrected chi connectivity index (χ2v) is 23.0. The number of rotatable bonds is 23. The third-order valence-electron chi connectivity index (χ3n) is 16.3. The minimum absolute atomic E-state index is 0.0416. The molecule has 2 atom stereocenters. The molecule has 0 bridgehead atoms. The SMILES string of the molecule is COCC1CCCN1C(=O)/C=C/C=C/c1ccc2c(c1)OCO2.COCC1CCN(C(=O)/C=C/C=C/c2ccc3c(c2)OCO3)C1.O=C(/C=C/C=C/c1ccc2c(c1)OCO2)NCCCN1CCCC1.O=C(/C=C/C=C/c1ccc2c(c1)OCO2)NCCN1CCCC1. The molecule has 0 aliphatic carbocycles. The van der Waals surface area contributed by atoms with Crippen LogP contribution in [0.15, 0.2) is 146 Å². The Hall–Kier alpha value is -9.08. The molecular weight excluding hydrogens is 1180 g/mol. The van der Waals surface area contributed by atoms with Gasteiger partial charge in [-0.25, -0.2) is 0 Å². The van der Waals surface area contributed by atoms with Crippen LogP contribution in [0.2, 0.25) is 0 Å². The van der Waals surface area contributed by atoms with Gasteiger partial charge in [-0.1, -0.05) is 97.2 Å². The first-order valence-electron chi connectivity index (χ1n) is 32.2. The van der Waals surface area contributed by atoms with Gasteiger partial charge >= 0.3 is 0 Å². The van der Waals surface area contributed by atoms with Crippen LogP contribution >= 0.6 is 0 Å². The molecule has 4 aromatic carbocycles. The molecule has 0 saturated carbocycles. The molecular formula is C73H88N6O14. The summed E-state index contributed by atoms with van der Waals surface area (Å²) in [5.74, 6) is 6.57. The van der Waals surface area contributed by atoms with Crippen LogP contribution < -0.4 is 48.5 Å². The van der Waals surface area contributed by atoms with E-state index in [2.05, 4.69) is 20.4 Å². The van der Waals surface area contributed by atoms with Gasteiger partial charge in [0.15, 0.2) is 46.0 Å². The van der Waals surface area contributed by atoms with Crippen LogP contribution in [0, 0.1) is 5.92 Å². The number of allylic oxidation sites excluding steroid dienone is 8. The van der Waals surface area contributed by atoms with Crippen molar-refractivity contribution in [2.75, 3.05) is 127 Å². The summed E-state index contributed by atoms with van der Waals surface area (Å²) in [6, 6.07) is 23.2. The van der Waals surface area contributed by atoms with E-state index in [-0.39, 0.29) is 56.8 Å². The van der Waals surface area contributed by atoms with Crippen LogP contribution in [0.25, 0.3) is 24.3 Å². The number of fused-ring (bicyclic) bond motifs is 4. The molecule has 93 heavy (non-hydrogen) atoms. The van der Waals surface area contributed by atoms with Crippen LogP contribution in [-0.4, -0.2) is 176 Å². The van der Waals surface area contributed by atoms with E-state index in [9.17, 15) is 19.2 Å². The Morgan fingerprint density at radius 2 is 0.849 bits per heavy atom. The summed E-state index contributed by atoms with van der Waals surface area (Å²) >= 11 is 0. The lowest BCUT2D eigenvalue weighted by Crippen LogP contribution is -2.36. The zero-order chi connectivity index (χ0) is 64.7. The van der Waals surface area contributed by atoms with E-state index in [0.717, 1.165) is 153 Å². The van der Waals surface area contributed by atoms with E-state index >= 15 is 0 Å². The van der Waals surface area contributed by atoms with Crippen LogP contribution in [0.1, 0.15) is 73.6 Å². The van der Waals surface area contributed by atoms with Crippen LogP contribution in [0.5, 0.6) is 46.0 Å². The number of benzene rings is 4. The Bertz CT molecular complexity index is 3340. The van der Waals surface area contributed by atoms with Crippen molar-refractivity contribution in [3.63, 3.8) is 0 Å². The fourth-order valence-electron chi connectivity index (χ4n) is 11.4. The summed E-state index contributed by atoms with van der Waals surface area (Å²) in [6.07, 6.45) is 37.8. The zero-order valence-corrected chi connectivity index (χ0v) is 53.5. The molecule has 8 heterocycles. The highest BCUT2D eigenvalue weighted by Gasteiger charge is 2.28. The Labute approximate surface area is 546 Å². The maximum absolute atomic E-state index is 12.2. The van der Waals surface area contributed by atoms with Gasteiger partial charge in [0.2, 0.25) is 50.8 Å². The number of hydrogen-bond acceptors (Lipinski definition) is 16. The number of carbonyl (C=O) groups is 4. The highest BCUT2D eigenvalue weighted by molar-refractivity contribution is 5.89. The summed E-state index contributed by atoms with van der Waals surface area (Å²) in [6.45, 7) is 13.0. The van der Waals surface area contributed by atoms with E-state index in [1.807, 2.05) is 131 Å². The standard InChI is InChI=1S/C19H24N2O3.C18H22N2O3.2C18H21NO4/c22-19(20-10-5-13-21-11-3-4-12-21)7-2-1-6-16-8-9-17-18(14-16)24-15-23-17;21-18(19-9-12-20-10-3-4-11-20)6-2-1-5-15-7-8-16-17(13-15)23-14-22-16;1-21-12-15-6-4-10-19(15)18(20)7-3-2-5-14-8-9-16-17(11-14)23-13-22-16;1-21-12-15-8-9-19(11-15)18(20)5-3-2-4-14-6-7-16-17(10-14)23-13-22-16/h1-2,6-9,14H,3-5,10-13,15H2,(H,20,22);1-2,5-8,13H,3-4,9-12,14H2,(H,19,21);2-3,5,7-9,11,15H,4,6,10,12-13H2,1H3;2-7,10,15H,8-9,11-13H2,1H3/b6-1+,7-2+;5-1+,6-2+;5-2+,7-3+;4-2+,5-3+. The molecule has 2 unspecified atom stereocenters. The zero-order valence-electron chi connectivity index (χ0n) is 53.5. The van der Waals surface area contributed by atoms with Crippen LogP contribution in [0.4, 0.5) is 0 Å². The van der Waals surface area contributed by atoms with Gasteiger partial charge in [-0.2, -0.15) is 0 Å². The molecule has 8 aliphatic rings. The predicted molar refractivity (Wildman–Crippen MR) is 358 cm³/mol. The maximum Gasteiger partial charge on any atom is 0.246 e. The molecule has 4 amide bonds. The molecule has 4 aromatic rings. The van der Waals surface area contributed by atoms with Gasteiger partial charge in [0.1, 0.15) is 0 Å². The molecule has 4 saturated heterocycles. The molecule has 4 fully saturated rings. The van der Waals surface area contributed by atoms with Crippen molar-refractivity contribution in [1.29, 1.82) is 0 Å². The Morgan fingerprint density at radius 1 is 0.441 bits per heavy atom. The number of hydrogen-bond donors (Lipinski definition) is 2. The number of likely N-dealkylation sites (tertiary alicyclic amines) is 4. The molecule has 20 heteroatoms. The Balaban J connectivity index is 0.000000146. The predicted octanol–water partition coefficient (Wildman–Crippen LogP) is 9.89. The molecule has 0 radical (unpaired) electrons. The van der Waals surface area contributed by atoms with Crippen LogP contribution in [-0.2, 0) is 28.7 Å². The lowest BCUT2D eigenvalue weighted by Gasteiger charge is -2.22. The first-order chi connectivity index (χ1) is 45.7. The highest BCUT2D eigenvalue weighted by Crippen LogP contribution is 2.36. The molecule has 20 nitrogen and oxygen atoms in total. The van der Waals surface area contributed by atoms with Gasteiger partial charge in [0, 0.05) is 83.7 Å². The molecule has 494 valence electrons. The summed E-state index contributed by atoms with van der Waals surface area (Å²) in [5.41, 5.74) is 4.03. The fraction of sp³-hybridized carbons (Fsp3) is 0.397. The number of ether oxygens (including phenoxy) is 10. The number of nitrogens with zero attached hydrogens (tertiary/aromatic N) is 4. The van der Waals surface area contributed by atoms with E-state index in [1.165, 1.54) is 38.8 Å². The Morgan fingerprint density at radius 3 is 1.30 bits per heavy atom. The largest absolute Gasteiger partial charge is 0.454 e. The van der Waals surface area contributed by atoms with Crippen molar-refractivity contribution in [3.05, 3.63) is 168 Å². The topological polar surface area (TPSA) is 198 Å². The molecule has 8 aliphatic heterocycles. The summed E-state index contributed by atoms with van der Waals surface area (Å²) in [5, 5.41) is 5.82. The van der Waals surface area contributed by atoms with Gasteiger partial charge in [-0.15, -0.1) is 0 Å². The lowest BCUT2D eigenvalue weighted by atomic mass is 10.1. The summed E-state index contributed by atoms with van der Waals surface area (Å²) in [7, 11) is 3.37. The number of methoxy groups -OCH3 is 2. The van der Waals surface area contributed by atoms with E-state index in [1.54, 1.807) is 62.8 Å². The van der Waals surface area contributed by atoms with E-state index in [0.29, 0.717) is 19.1 Å². The van der Waals surface area contributed by atoms with Crippen molar-refractivity contribution < 1.29 is 66.5 Å². The monoisotopic (exact) mass is 1270 g/mol. The fourth-order valence-corrected chi connectivity index (χ4v) is 11.4. The van der Waals surface area contributed by atoms with Gasteiger partial charge in [-0.3, -0.25) is 19.2 Å². The first-order valence-corrected chi connectivity index (χ1v) is 32.2. The average molecular weight is 1270 g/mol. The van der Waals surface area contributed by atoms with Crippen molar-refractivity contribution in [2.45, 2.75) is 57.4 Å². The van der Waals surface area contributed by atoms with E-state index in [4.69, 9.17) is 47.4 Å². The first kappa shape index (κ1) is 68.3. The second-order valence-electron chi connectivity index (χ2n) is 23.0. The quantitative estimate of drug-likeness (QED) is 0.0404. The maximum atomic E-state index is 12.2. The third kappa shape index (κ3) is 22.6. The minimum atomic E-state index is -0.0560. The molecule has 2 N–H and O–H groups in total. The summed E-state index contributed by atoms with van der Waals surface area (Å²) in [4.78, 5) is 56.3. The van der Waals surface area contributed by atoms with Gasteiger partial charge < -0.3 is 77.6 Å². The van der Waals surface area contributed by atoms with Gasteiger partial charge in [-0.05, 0) is 155 Å². The van der Waals surface area contributed by atoms with Crippen molar-refractivity contribution in [2.24, 2.45) is 5.92 Å². The number of amides is 4. The summed E-state index contributed by atoms with van der Waals surface area (Å²) < 4.78 is 52.7. The number of nitrogens with one attached hydrogen (secondary N) is 2. The van der Waals surface area contributed by atoms with Gasteiger partial charge in [0.25, 0.3) is 0 Å². The third-order valence-corrected chi connectivity index (χ3v) is 16.3. The normalized spacial score (nSPS) is 18.6. The van der Waals surface area contributed by atoms with Crippen molar-refractivity contribution in [3.8, 4) is 46.0 Å². The minimum Gasteiger partial charge on any atom is -0.454 e. The molecule has 0 aromatic heterocycles. The molecule has 12 rings (SSSR count). The van der Waals surface area contributed by atoms with E-state index < -0.39 is 0 Å². The lowest BCUT2D eigenvalue weighted by molar-refractivity contribution is -0.127. The average Bonchev–Trinajstić information content (AvgIpc) is 2.24. The number of carbonyl (C=O) groups excluding carboxylic acids is 4. The second kappa shape index (κ2) is 37.4. The Kier molecular flexibility index (Phi) is 27.5. The van der Waals surface area contributed by atoms with Crippen LogP contribution in [0.3, 0.4) is 0 Å². The van der Waals surface area contributed by atoms with Crippen molar-refractivity contribution >= 4 is 47.9 Å². The molecule has 0 spiro atoms.